The van der Waals surface area contributed by atoms with Crippen LogP contribution in [-0.2, 0) is 5.75 Å². The summed E-state index contributed by atoms with van der Waals surface area (Å²) in [5.74, 6) is 1.40. The lowest BCUT2D eigenvalue weighted by molar-refractivity contribution is 0.879. The zero-order valence-corrected chi connectivity index (χ0v) is 11.9. The Bertz CT molecular complexity index is 880. The zero-order valence-electron chi connectivity index (χ0n) is 11.0. The first kappa shape index (κ1) is 12.3. The van der Waals surface area contributed by atoms with E-state index in [-0.39, 0.29) is 0 Å². The van der Waals surface area contributed by atoms with Crippen LogP contribution in [0.3, 0.4) is 0 Å². The molecule has 0 saturated carbocycles. The van der Waals surface area contributed by atoms with Crippen LogP contribution < -0.4 is 0 Å². The normalized spacial score (nSPS) is 11.2. The monoisotopic (exact) mass is 293 g/mol. The molecule has 1 aromatic carbocycles. The van der Waals surface area contributed by atoms with E-state index in [1.54, 1.807) is 22.5 Å². The minimum absolute atomic E-state index is 0.621. The standard InChI is InChI=1S/C15H11N5S/c1-4-11-6-2-7-16-13(11)12(5-1)10-21-15-18-14-17-8-3-9-20(14)19-15/h1-9H,10H2. The van der Waals surface area contributed by atoms with E-state index in [1.807, 2.05) is 24.5 Å². The van der Waals surface area contributed by atoms with Crippen molar-refractivity contribution in [3.05, 3.63) is 60.6 Å². The quantitative estimate of drug-likeness (QED) is 0.544. The molecule has 6 heteroatoms. The van der Waals surface area contributed by atoms with Gasteiger partial charge in [0.15, 0.2) is 0 Å². The molecule has 21 heavy (non-hydrogen) atoms. The van der Waals surface area contributed by atoms with Crippen molar-refractivity contribution in [2.75, 3.05) is 0 Å². The molecular weight excluding hydrogens is 282 g/mol. The second kappa shape index (κ2) is 5.14. The maximum Gasteiger partial charge on any atom is 0.253 e. The molecule has 0 fully saturated rings. The van der Waals surface area contributed by atoms with E-state index in [0.717, 1.165) is 21.8 Å². The maximum atomic E-state index is 4.46. The molecule has 0 amide bonds. The second-order valence-corrected chi connectivity index (χ2v) is 5.48. The maximum absolute atomic E-state index is 4.46. The van der Waals surface area contributed by atoms with Crippen LogP contribution in [0.25, 0.3) is 16.7 Å². The summed E-state index contributed by atoms with van der Waals surface area (Å²) in [5, 5.41) is 6.27. The molecule has 0 saturated heterocycles. The highest BCUT2D eigenvalue weighted by atomic mass is 32.2. The SMILES string of the molecule is c1cnc2c(CSc3nc4ncccn4n3)cccc2c1. The van der Waals surface area contributed by atoms with Gasteiger partial charge >= 0.3 is 0 Å². The molecule has 102 valence electrons. The molecule has 4 rings (SSSR count). The summed E-state index contributed by atoms with van der Waals surface area (Å²) >= 11 is 1.59. The first-order chi connectivity index (χ1) is 10.4. The largest absolute Gasteiger partial charge is 0.256 e. The van der Waals surface area contributed by atoms with E-state index < -0.39 is 0 Å². The Morgan fingerprint density at radius 2 is 1.90 bits per heavy atom. The molecule has 5 nitrogen and oxygen atoms in total. The van der Waals surface area contributed by atoms with Gasteiger partial charge in [0.1, 0.15) is 0 Å². The van der Waals surface area contributed by atoms with E-state index in [1.165, 1.54) is 5.56 Å². The van der Waals surface area contributed by atoms with E-state index in [9.17, 15) is 0 Å². The number of benzene rings is 1. The molecule has 0 aliphatic heterocycles. The van der Waals surface area contributed by atoms with Gasteiger partial charge in [0, 0.05) is 29.7 Å². The Balaban J connectivity index is 1.63. The van der Waals surface area contributed by atoms with Crippen LogP contribution >= 0.6 is 11.8 Å². The number of nitrogens with zero attached hydrogens (tertiary/aromatic N) is 5. The fourth-order valence-electron chi connectivity index (χ4n) is 2.20. The number of pyridine rings is 1. The van der Waals surface area contributed by atoms with Gasteiger partial charge < -0.3 is 0 Å². The summed E-state index contributed by atoms with van der Waals surface area (Å²) in [6, 6.07) is 12.1. The average molecular weight is 293 g/mol. The van der Waals surface area contributed by atoms with Crippen LogP contribution in [-0.4, -0.2) is 24.6 Å². The fourth-order valence-corrected chi connectivity index (χ4v) is 3.01. The van der Waals surface area contributed by atoms with E-state index in [2.05, 4.69) is 44.3 Å². The molecular formula is C15H11N5S. The summed E-state index contributed by atoms with van der Waals surface area (Å²) < 4.78 is 1.68. The van der Waals surface area contributed by atoms with Crippen LogP contribution in [0.5, 0.6) is 0 Å². The first-order valence-electron chi connectivity index (χ1n) is 6.53. The van der Waals surface area contributed by atoms with Gasteiger partial charge in [-0.25, -0.2) is 9.50 Å². The number of fused-ring (bicyclic) bond motifs is 2. The van der Waals surface area contributed by atoms with Crippen LogP contribution in [0, 0.1) is 0 Å². The Labute approximate surface area is 125 Å². The van der Waals surface area contributed by atoms with Gasteiger partial charge in [0.05, 0.1) is 5.52 Å². The summed E-state index contributed by atoms with van der Waals surface area (Å²) in [7, 11) is 0. The lowest BCUT2D eigenvalue weighted by atomic mass is 10.1. The van der Waals surface area contributed by atoms with Gasteiger partial charge in [0.25, 0.3) is 5.78 Å². The van der Waals surface area contributed by atoms with Crippen molar-refractivity contribution < 1.29 is 0 Å². The molecule has 0 aliphatic carbocycles. The summed E-state index contributed by atoms with van der Waals surface area (Å²) in [6.45, 7) is 0. The summed E-state index contributed by atoms with van der Waals surface area (Å²) in [4.78, 5) is 13.0. The number of hydrogen-bond donors (Lipinski definition) is 0. The third-order valence-electron chi connectivity index (χ3n) is 3.17. The summed E-state index contributed by atoms with van der Waals surface area (Å²) in [5.41, 5.74) is 2.22. The lowest BCUT2D eigenvalue weighted by Gasteiger charge is -2.03. The Kier molecular flexibility index (Phi) is 3.01. The Morgan fingerprint density at radius 1 is 1.00 bits per heavy atom. The highest BCUT2D eigenvalue weighted by molar-refractivity contribution is 7.98. The molecule has 0 aliphatic rings. The molecule has 3 aromatic heterocycles. The van der Waals surface area contributed by atoms with Crippen molar-refractivity contribution in [2.45, 2.75) is 10.9 Å². The van der Waals surface area contributed by atoms with Crippen LogP contribution in [0.2, 0.25) is 0 Å². The molecule has 0 atom stereocenters. The van der Waals surface area contributed by atoms with Crippen molar-refractivity contribution in [3.8, 4) is 0 Å². The predicted octanol–water partition coefficient (Wildman–Crippen LogP) is 2.96. The lowest BCUT2D eigenvalue weighted by Crippen LogP contribution is -1.88. The summed E-state index contributed by atoms with van der Waals surface area (Å²) in [6.07, 6.45) is 5.38. The van der Waals surface area contributed by atoms with E-state index in [4.69, 9.17) is 0 Å². The van der Waals surface area contributed by atoms with Gasteiger partial charge in [-0.2, -0.15) is 4.98 Å². The van der Waals surface area contributed by atoms with Crippen LogP contribution in [0.15, 0.2) is 60.1 Å². The molecule has 0 bridgehead atoms. The van der Waals surface area contributed by atoms with Gasteiger partial charge in [-0.15, -0.1) is 5.10 Å². The van der Waals surface area contributed by atoms with E-state index in [0.29, 0.717) is 5.78 Å². The average Bonchev–Trinajstić information content (AvgIpc) is 2.96. The first-order valence-corrected chi connectivity index (χ1v) is 7.51. The Morgan fingerprint density at radius 3 is 2.86 bits per heavy atom. The van der Waals surface area contributed by atoms with Gasteiger partial charge in [-0.05, 0) is 17.7 Å². The smallest absolute Gasteiger partial charge is 0.253 e. The predicted molar refractivity (Wildman–Crippen MR) is 82.1 cm³/mol. The van der Waals surface area contributed by atoms with Gasteiger partial charge in [-0.1, -0.05) is 36.0 Å². The number of rotatable bonds is 3. The van der Waals surface area contributed by atoms with Crippen molar-refractivity contribution in [1.82, 2.24) is 24.6 Å². The molecule has 0 N–H and O–H groups in total. The van der Waals surface area contributed by atoms with Crippen molar-refractivity contribution >= 4 is 28.4 Å². The topological polar surface area (TPSA) is 56.0 Å². The zero-order chi connectivity index (χ0) is 14.1. The highest BCUT2D eigenvalue weighted by Crippen LogP contribution is 2.24. The Hall–Kier alpha value is -2.47. The molecule has 0 radical (unpaired) electrons. The van der Waals surface area contributed by atoms with Crippen molar-refractivity contribution in [2.24, 2.45) is 0 Å². The molecule has 3 heterocycles. The van der Waals surface area contributed by atoms with Crippen LogP contribution in [0.1, 0.15) is 5.56 Å². The van der Waals surface area contributed by atoms with E-state index >= 15 is 0 Å². The third-order valence-corrected chi connectivity index (χ3v) is 4.06. The van der Waals surface area contributed by atoms with Crippen molar-refractivity contribution in [3.63, 3.8) is 0 Å². The minimum Gasteiger partial charge on any atom is -0.256 e. The number of aromatic nitrogens is 5. The highest BCUT2D eigenvalue weighted by Gasteiger charge is 2.07. The minimum atomic E-state index is 0.621. The number of thioether (sulfide) groups is 1. The molecule has 4 aromatic rings. The van der Waals surface area contributed by atoms with Crippen molar-refractivity contribution in [1.29, 1.82) is 0 Å². The molecule has 0 unspecified atom stereocenters. The van der Waals surface area contributed by atoms with Gasteiger partial charge in [0.2, 0.25) is 5.16 Å². The van der Waals surface area contributed by atoms with Crippen LogP contribution in [0.4, 0.5) is 0 Å². The molecule has 0 spiro atoms. The van der Waals surface area contributed by atoms with Gasteiger partial charge in [-0.3, -0.25) is 4.98 Å². The number of para-hydroxylation sites is 1. The second-order valence-electron chi connectivity index (χ2n) is 4.54. The third kappa shape index (κ3) is 2.34. The number of hydrogen-bond acceptors (Lipinski definition) is 5. The fraction of sp³-hybridized carbons (Fsp3) is 0.0667.